The summed E-state index contributed by atoms with van der Waals surface area (Å²) in [6.45, 7) is 9.61. The van der Waals surface area contributed by atoms with Gasteiger partial charge in [-0.3, -0.25) is 33.8 Å². The van der Waals surface area contributed by atoms with E-state index in [4.69, 9.17) is 0 Å². The number of hydrogen-bond donors (Lipinski definition) is 4. The third kappa shape index (κ3) is 9.70. The van der Waals surface area contributed by atoms with Crippen LogP contribution in [0.4, 0.5) is 0 Å². The van der Waals surface area contributed by atoms with E-state index in [-0.39, 0.29) is 35.8 Å². The summed E-state index contributed by atoms with van der Waals surface area (Å²) in [5.74, 6) is -3.49. The van der Waals surface area contributed by atoms with Gasteiger partial charge in [0.15, 0.2) is 0 Å². The summed E-state index contributed by atoms with van der Waals surface area (Å²) in [6.07, 6.45) is 12.0. The fourth-order valence-electron chi connectivity index (χ4n) is 8.48. The number of hydrogen-bond acceptors (Lipinski definition) is 8. The molecule has 5 amide bonds. The molecule has 1 aromatic heterocycles. The lowest BCUT2D eigenvalue weighted by Gasteiger charge is -2.38. The fourth-order valence-corrected chi connectivity index (χ4v) is 8.48. The van der Waals surface area contributed by atoms with Crippen molar-refractivity contribution in [3.63, 3.8) is 0 Å². The van der Waals surface area contributed by atoms with E-state index in [1.165, 1.54) is 18.6 Å². The molecule has 2 aliphatic carbocycles. The van der Waals surface area contributed by atoms with Crippen LogP contribution in [0.1, 0.15) is 121 Å². The first-order chi connectivity index (χ1) is 25.8. The summed E-state index contributed by atoms with van der Waals surface area (Å²) in [4.78, 5) is 92.8. The molecule has 292 valence electrons. The molecular weight excluding hydrogens is 686 g/mol. The predicted molar refractivity (Wildman–Crippen MR) is 202 cm³/mol. The quantitative estimate of drug-likeness (QED) is 0.209. The van der Waals surface area contributed by atoms with Crippen molar-refractivity contribution in [1.82, 2.24) is 36.1 Å². The second-order valence-electron chi connectivity index (χ2n) is 16.4. The topological polar surface area (TPSA) is 180 Å². The summed E-state index contributed by atoms with van der Waals surface area (Å²) in [6, 6.07) is 5.06. The van der Waals surface area contributed by atoms with Gasteiger partial charge in [-0.05, 0) is 67.8 Å². The molecule has 13 nitrogen and oxygen atoms in total. The molecular formula is C41H57N7O6. The molecule has 7 atom stereocenters. The molecule has 1 saturated heterocycles. The van der Waals surface area contributed by atoms with Crippen molar-refractivity contribution in [2.24, 2.45) is 23.2 Å². The van der Waals surface area contributed by atoms with Crippen molar-refractivity contribution in [2.45, 2.75) is 129 Å². The monoisotopic (exact) mass is 743 g/mol. The van der Waals surface area contributed by atoms with E-state index >= 15 is 0 Å². The molecule has 2 heterocycles. The van der Waals surface area contributed by atoms with Gasteiger partial charge in [0.2, 0.25) is 23.5 Å². The zero-order valence-corrected chi connectivity index (χ0v) is 32.3. The Labute approximate surface area is 318 Å². The number of amides is 5. The molecule has 13 heteroatoms. The molecule has 4 N–H and O–H groups in total. The largest absolute Gasteiger partial charge is 0.344 e. The molecule has 2 aromatic rings. The van der Waals surface area contributed by atoms with Gasteiger partial charge in [0, 0.05) is 18.9 Å². The molecule has 1 aromatic carbocycles. The Morgan fingerprint density at radius 1 is 0.870 bits per heavy atom. The Morgan fingerprint density at radius 3 is 2.24 bits per heavy atom. The number of nitrogens with zero attached hydrogens (tertiary/aromatic N) is 3. The average molecular weight is 744 g/mol. The maximum absolute atomic E-state index is 14.7. The maximum Gasteiger partial charge on any atom is 0.290 e. The number of ketones is 1. The van der Waals surface area contributed by atoms with Crippen molar-refractivity contribution in [2.75, 3.05) is 6.54 Å². The third-order valence-corrected chi connectivity index (χ3v) is 11.4. The number of fused-ring (bicyclic) bond motifs is 1. The van der Waals surface area contributed by atoms with Gasteiger partial charge in [-0.25, -0.2) is 4.98 Å². The molecule has 3 aliphatic rings. The maximum atomic E-state index is 14.7. The second-order valence-corrected chi connectivity index (χ2v) is 16.4. The molecule has 54 heavy (non-hydrogen) atoms. The number of nitrogens with one attached hydrogen (secondary N) is 4. The number of Topliss-reactive ketones (excluding diaryl/α,β-unsaturated/α-hetero) is 1. The molecule has 1 aliphatic heterocycles. The lowest BCUT2D eigenvalue weighted by molar-refractivity contribution is -0.146. The zero-order chi connectivity index (χ0) is 39.0. The lowest BCUT2D eigenvalue weighted by Crippen LogP contribution is -2.62. The van der Waals surface area contributed by atoms with Crippen molar-refractivity contribution in [1.29, 1.82) is 0 Å². The SMILES string of the molecule is CCCC(NC(=O)[C@@H]1C2CCC[C@H]2CN1C(=O)[C@@H](NC(=O)[C@H](NC(=O)c1cnccn1)C1CCCCC1)C(C)(C)C)C(=O)C(=O)N[C@@H](C)c1ccccc1. The van der Waals surface area contributed by atoms with Crippen LogP contribution in [0.25, 0.3) is 0 Å². The first-order valence-corrected chi connectivity index (χ1v) is 19.7. The van der Waals surface area contributed by atoms with E-state index in [9.17, 15) is 28.8 Å². The van der Waals surface area contributed by atoms with Crippen molar-refractivity contribution in [3.05, 3.63) is 60.2 Å². The van der Waals surface area contributed by atoms with Crippen LogP contribution in [0.2, 0.25) is 0 Å². The molecule has 0 spiro atoms. The first-order valence-electron chi connectivity index (χ1n) is 19.7. The van der Waals surface area contributed by atoms with E-state index in [1.54, 1.807) is 11.8 Å². The number of likely N-dealkylation sites (tertiary alicyclic amines) is 1. The Morgan fingerprint density at radius 2 is 1.59 bits per heavy atom. The average Bonchev–Trinajstić information content (AvgIpc) is 3.77. The van der Waals surface area contributed by atoms with Crippen LogP contribution in [0.3, 0.4) is 0 Å². The molecule has 0 radical (unpaired) electrons. The van der Waals surface area contributed by atoms with E-state index in [1.807, 2.05) is 58.0 Å². The highest BCUT2D eigenvalue weighted by atomic mass is 16.2. The minimum absolute atomic E-state index is 0.0927. The normalized spacial score (nSPS) is 22.2. The lowest BCUT2D eigenvalue weighted by atomic mass is 9.82. The second kappa shape index (κ2) is 18.1. The van der Waals surface area contributed by atoms with E-state index in [2.05, 4.69) is 31.2 Å². The highest BCUT2D eigenvalue weighted by Crippen LogP contribution is 2.43. The van der Waals surface area contributed by atoms with Crippen molar-refractivity contribution in [3.8, 4) is 0 Å². The van der Waals surface area contributed by atoms with Gasteiger partial charge in [-0.15, -0.1) is 0 Å². The summed E-state index contributed by atoms with van der Waals surface area (Å²) in [7, 11) is 0. The molecule has 0 bridgehead atoms. The van der Waals surface area contributed by atoms with E-state index in [0.717, 1.165) is 56.9 Å². The number of benzene rings is 1. The van der Waals surface area contributed by atoms with Crippen LogP contribution >= 0.6 is 0 Å². The fraction of sp³-hybridized carbons (Fsp3) is 0.610. The van der Waals surface area contributed by atoms with Gasteiger partial charge in [0.25, 0.3) is 11.8 Å². The van der Waals surface area contributed by atoms with Crippen LogP contribution in [-0.2, 0) is 24.0 Å². The summed E-state index contributed by atoms with van der Waals surface area (Å²) in [5, 5.41) is 11.6. The van der Waals surface area contributed by atoms with Crippen LogP contribution in [0.15, 0.2) is 48.9 Å². The molecule has 5 rings (SSSR count). The molecule has 2 unspecified atom stereocenters. The van der Waals surface area contributed by atoms with Gasteiger partial charge < -0.3 is 26.2 Å². The summed E-state index contributed by atoms with van der Waals surface area (Å²) >= 11 is 0. The number of rotatable bonds is 14. The van der Waals surface area contributed by atoms with Gasteiger partial charge in [0.05, 0.1) is 18.3 Å². The van der Waals surface area contributed by atoms with Gasteiger partial charge >= 0.3 is 0 Å². The molecule has 2 saturated carbocycles. The Bertz CT molecular complexity index is 1640. The third-order valence-electron chi connectivity index (χ3n) is 11.4. The summed E-state index contributed by atoms with van der Waals surface area (Å²) in [5.41, 5.74) is 0.182. The highest BCUT2D eigenvalue weighted by Gasteiger charge is 2.52. The smallest absolute Gasteiger partial charge is 0.290 e. The van der Waals surface area contributed by atoms with Crippen LogP contribution in [0.5, 0.6) is 0 Å². The first kappa shape index (κ1) is 40.5. The standard InChI is InChI=1S/C41H57N7O6/c1-6-14-30(34(49)39(53)44-25(2)26-15-9-7-10-16-26)45-38(52)33-29-20-13-19-28(29)24-48(33)40(54)35(41(3,4)5)47-37(51)32(27-17-11-8-12-18-27)46-36(50)31-23-42-21-22-43-31/h7,9-10,15-16,21-23,25,27-30,32-33,35H,6,8,11-14,17-20,24H2,1-5H3,(H,44,53)(H,45,52)(H,46,50)(H,47,51)/t25-,28-,29?,30?,32+,33-,35+/m0/s1. The Kier molecular flexibility index (Phi) is 13.6. The highest BCUT2D eigenvalue weighted by molar-refractivity contribution is 6.38. The number of aromatic nitrogens is 2. The van der Waals surface area contributed by atoms with Gasteiger partial charge in [-0.1, -0.05) is 90.1 Å². The summed E-state index contributed by atoms with van der Waals surface area (Å²) < 4.78 is 0. The Balaban J connectivity index is 1.34. The van der Waals surface area contributed by atoms with Crippen LogP contribution < -0.4 is 21.3 Å². The minimum atomic E-state index is -1.06. The number of carbonyl (C=O) groups excluding carboxylic acids is 6. The van der Waals surface area contributed by atoms with Crippen molar-refractivity contribution < 1.29 is 28.8 Å². The number of carbonyl (C=O) groups is 6. The van der Waals surface area contributed by atoms with Gasteiger partial charge in [-0.2, -0.15) is 0 Å². The molecule has 3 fully saturated rings. The van der Waals surface area contributed by atoms with Gasteiger partial charge in [0.1, 0.15) is 23.8 Å². The van der Waals surface area contributed by atoms with Crippen LogP contribution in [-0.4, -0.2) is 80.9 Å². The van der Waals surface area contributed by atoms with Crippen LogP contribution in [0, 0.1) is 23.2 Å². The zero-order valence-electron chi connectivity index (χ0n) is 32.3. The van der Waals surface area contributed by atoms with E-state index < -0.39 is 65.0 Å². The van der Waals surface area contributed by atoms with Crippen molar-refractivity contribution >= 4 is 35.3 Å². The minimum Gasteiger partial charge on any atom is -0.344 e. The Hall–Kier alpha value is -4.68. The predicted octanol–water partition coefficient (Wildman–Crippen LogP) is 4.04. The van der Waals surface area contributed by atoms with E-state index in [0.29, 0.717) is 13.0 Å².